The Labute approximate surface area is 101 Å². The number of alkyl halides is 3. The van der Waals surface area contributed by atoms with Crippen LogP contribution in [0.5, 0.6) is 0 Å². The van der Waals surface area contributed by atoms with Gasteiger partial charge in [-0.2, -0.15) is 13.2 Å². The highest BCUT2D eigenvalue weighted by Gasteiger charge is 2.26. The van der Waals surface area contributed by atoms with Gasteiger partial charge in [0.2, 0.25) is 0 Å². The topological polar surface area (TPSA) is 26.3 Å². The van der Waals surface area contributed by atoms with E-state index in [1.807, 2.05) is 13.0 Å². The highest BCUT2D eigenvalue weighted by atomic mass is 32.1. The van der Waals surface area contributed by atoms with Gasteiger partial charge in [0.15, 0.2) is 5.78 Å². The molecule has 0 aliphatic heterocycles. The third-order valence-corrected chi connectivity index (χ3v) is 3.32. The standard InChI is InChI=1S/C11H13F3O2S/c1-2-8-3-4-10(17-8)9(15)7-16-6-5-11(12,13)14/h3-4H,2,5-7H2,1H3. The summed E-state index contributed by atoms with van der Waals surface area (Å²) in [6, 6.07) is 3.52. The minimum Gasteiger partial charge on any atom is -0.373 e. The van der Waals surface area contributed by atoms with Gasteiger partial charge in [0.1, 0.15) is 6.61 Å². The van der Waals surface area contributed by atoms with Gasteiger partial charge >= 0.3 is 6.18 Å². The van der Waals surface area contributed by atoms with E-state index in [-0.39, 0.29) is 12.4 Å². The van der Waals surface area contributed by atoms with Crippen LogP contribution in [0.15, 0.2) is 12.1 Å². The van der Waals surface area contributed by atoms with Gasteiger partial charge in [-0.1, -0.05) is 6.92 Å². The van der Waals surface area contributed by atoms with Crippen LogP contribution in [-0.4, -0.2) is 25.2 Å². The van der Waals surface area contributed by atoms with Crippen molar-refractivity contribution in [3.63, 3.8) is 0 Å². The van der Waals surface area contributed by atoms with Crippen LogP contribution in [0.2, 0.25) is 0 Å². The molecule has 0 atom stereocenters. The van der Waals surface area contributed by atoms with Gasteiger partial charge in [-0.25, -0.2) is 0 Å². The number of hydrogen-bond acceptors (Lipinski definition) is 3. The number of thiophene rings is 1. The zero-order valence-electron chi connectivity index (χ0n) is 9.34. The number of ketones is 1. The third kappa shape index (κ3) is 5.32. The van der Waals surface area contributed by atoms with Crippen molar-refractivity contribution in [2.45, 2.75) is 25.9 Å². The summed E-state index contributed by atoms with van der Waals surface area (Å²) in [4.78, 5) is 13.1. The molecule has 0 saturated heterocycles. The van der Waals surface area contributed by atoms with Crippen molar-refractivity contribution in [3.8, 4) is 0 Å². The van der Waals surface area contributed by atoms with Crippen LogP contribution in [0, 0.1) is 0 Å². The van der Waals surface area contributed by atoms with Crippen LogP contribution in [0.3, 0.4) is 0 Å². The second-order valence-electron chi connectivity index (χ2n) is 3.46. The smallest absolute Gasteiger partial charge is 0.373 e. The van der Waals surface area contributed by atoms with Gasteiger partial charge in [0.25, 0.3) is 0 Å². The molecular formula is C11H13F3O2S. The number of rotatable bonds is 6. The van der Waals surface area contributed by atoms with Crippen molar-refractivity contribution in [2.75, 3.05) is 13.2 Å². The Morgan fingerprint density at radius 3 is 2.65 bits per heavy atom. The molecule has 96 valence electrons. The molecule has 1 rings (SSSR count). The molecule has 0 aromatic carbocycles. The number of halogens is 3. The van der Waals surface area contributed by atoms with Gasteiger partial charge in [0.05, 0.1) is 17.9 Å². The number of Topliss-reactive ketones (excluding diaryl/α,β-unsaturated/α-hetero) is 1. The lowest BCUT2D eigenvalue weighted by atomic mass is 10.3. The summed E-state index contributed by atoms with van der Waals surface area (Å²) < 4.78 is 40.1. The van der Waals surface area contributed by atoms with E-state index in [4.69, 9.17) is 4.74 Å². The van der Waals surface area contributed by atoms with Crippen molar-refractivity contribution in [3.05, 3.63) is 21.9 Å². The van der Waals surface area contributed by atoms with E-state index in [9.17, 15) is 18.0 Å². The summed E-state index contributed by atoms with van der Waals surface area (Å²) in [5.74, 6) is -0.267. The minimum atomic E-state index is -4.23. The molecule has 0 aliphatic carbocycles. The molecule has 2 nitrogen and oxygen atoms in total. The van der Waals surface area contributed by atoms with E-state index in [1.54, 1.807) is 6.07 Å². The first-order valence-electron chi connectivity index (χ1n) is 5.19. The average molecular weight is 266 g/mol. The SMILES string of the molecule is CCc1ccc(C(=O)COCCC(F)(F)F)s1. The molecule has 17 heavy (non-hydrogen) atoms. The summed E-state index contributed by atoms with van der Waals surface area (Å²) >= 11 is 1.35. The number of ether oxygens (including phenoxy) is 1. The molecular weight excluding hydrogens is 253 g/mol. The van der Waals surface area contributed by atoms with Crippen LogP contribution in [0.1, 0.15) is 27.9 Å². The zero-order chi connectivity index (χ0) is 12.9. The summed E-state index contributed by atoms with van der Waals surface area (Å²) in [5, 5.41) is 0. The Morgan fingerprint density at radius 2 is 2.12 bits per heavy atom. The molecule has 0 spiro atoms. The molecule has 6 heteroatoms. The molecule has 0 amide bonds. The van der Waals surface area contributed by atoms with Crippen molar-refractivity contribution in [2.24, 2.45) is 0 Å². The predicted octanol–water partition coefficient (Wildman–Crippen LogP) is 3.46. The fourth-order valence-electron chi connectivity index (χ4n) is 1.14. The maximum atomic E-state index is 11.8. The quantitative estimate of drug-likeness (QED) is 0.582. The first-order chi connectivity index (χ1) is 7.92. The Balaban J connectivity index is 2.30. The second-order valence-corrected chi connectivity index (χ2v) is 4.63. The van der Waals surface area contributed by atoms with Gasteiger partial charge in [-0.15, -0.1) is 11.3 Å². The third-order valence-electron chi connectivity index (χ3n) is 2.05. The lowest BCUT2D eigenvalue weighted by Crippen LogP contribution is -2.14. The molecule has 0 N–H and O–H groups in total. The predicted molar refractivity (Wildman–Crippen MR) is 59.5 cm³/mol. The van der Waals surface area contributed by atoms with E-state index in [0.29, 0.717) is 4.88 Å². The van der Waals surface area contributed by atoms with E-state index in [0.717, 1.165) is 11.3 Å². The summed E-state index contributed by atoms with van der Waals surface area (Å²) in [6.45, 7) is 1.21. The minimum absolute atomic E-state index is 0.267. The van der Waals surface area contributed by atoms with Crippen LogP contribution in [-0.2, 0) is 11.2 Å². The molecule has 0 bridgehead atoms. The lowest BCUT2D eigenvalue weighted by Gasteiger charge is -2.05. The zero-order valence-corrected chi connectivity index (χ0v) is 10.2. The maximum Gasteiger partial charge on any atom is 0.391 e. The number of carbonyl (C=O) groups excluding carboxylic acids is 1. The summed E-state index contributed by atoms with van der Waals surface area (Å²) in [6.07, 6.45) is -4.42. The first kappa shape index (κ1) is 14.2. The molecule has 0 fully saturated rings. The number of hydrogen-bond donors (Lipinski definition) is 0. The van der Waals surface area contributed by atoms with Crippen LogP contribution >= 0.6 is 11.3 Å². The Kier molecular flexibility index (Phi) is 5.14. The monoisotopic (exact) mass is 266 g/mol. The van der Waals surface area contributed by atoms with Gasteiger partial charge in [-0.05, 0) is 18.6 Å². The van der Waals surface area contributed by atoms with Crippen LogP contribution in [0.25, 0.3) is 0 Å². The lowest BCUT2D eigenvalue weighted by molar-refractivity contribution is -0.144. The van der Waals surface area contributed by atoms with Crippen molar-refractivity contribution in [1.82, 2.24) is 0 Å². The largest absolute Gasteiger partial charge is 0.391 e. The summed E-state index contributed by atoms with van der Waals surface area (Å²) in [5.41, 5.74) is 0. The summed E-state index contributed by atoms with van der Waals surface area (Å²) in [7, 11) is 0. The van der Waals surface area contributed by atoms with E-state index in [1.165, 1.54) is 11.3 Å². The molecule has 1 aromatic heterocycles. The van der Waals surface area contributed by atoms with Gasteiger partial charge in [0, 0.05) is 4.88 Å². The molecule has 0 radical (unpaired) electrons. The second kappa shape index (κ2) is 6.16. The van der Waals surface area contributed by atoms with E-state index < -0.39 is 19.2 Å². The first-order valence-corrected chi connectivity index (χ1v) is 6.00. The Bertz CT molecular complexity index is 371. The molecule has 0 saturated carbocycles. The highest BCUT2D eigenvalue weighted by molar-refractivity contribution is 7.14. The maximum absolute atomic E-state index is 11.8. The fourth-order valence-corrected chi connectivity index (χ4v) is 2.01. The van der Waals surface area contributed by atoms with Crippen molar-refractivity contribution < 1.29 is 22.7 Å². The molecule has 0 unspecified atom stereocenters. The van der Waals surface area contributed by atoms with Crippen LogP contribution in [0.4, 0.5) is 13.2 Å². The van der Waals surface area contributed by atoms with E-state index in [2.05, 4.69) is 0 Å². The van der Waals surface area contributed by atoms with E-state index >= 15 is 0 Å². The van der Waals surface area contributed by atoms with Gasteiger partial charge < -0.3 is 4.74 Å². The Morgan fingerprint density at radius 1 is 1.41 bits per heavy atom. The average Bonchev–Trinajstić information content (AvgIpc) is 2.71. The fraction of sp³-hybridized carbons (Fsp3) is 0.545. The van der Waals surface area contributed by atoms with Crippen molar-refractivity contribution in [1.29, 1.82) is 0 Å². The van der Waals surface area contributed by atoms with Gasteiger partial charge in [-0.3, -0.25) is 4.79 Å². The number of aryl methyl sites for hydroxylation is 1. The number of carbonyl (C=O) groups is 1. The Hall–Kier alpha value is -0.880. The highest BCUT2D eigenvalue weighted by Crippen LogP contribution is 2.20. The molecule has 1 heterocycles. The normalized spacial score (nSPS) is 11.8. The van der Waals surface area contributed by atoms with Crippen molar-refractivity contribution >= 4 is 17.1 Å². The molecule has 1 aromatic rings. The molecule has 0 aliphatic rings. The van der Waals surface area contributed by atoms with Crippen LogP contribution < -0.4 is 0 Å².